The molecule has 0 aliphatic heterocycles. The Bertz CT molecular complexity index is 752. The summed E-state index contributed by atoms with van der Waals surface area (Å²) in [4.78, 5) is 18.0. The summed E-state index contributed by atoms with van der Waals surface area (Å²) < 4.78 is 26.3. The molecule has 0 amide bonds. The molecule has 0 saturated heterocycles. The molecule has 0 radical (unpaired) electrons. The lowest BCUT2D eigenvalue weighted by Crippen LogP contribution is -2.21. The number of sulfonamides is 1. The molecule has 0 unspecified atom stereocenters. The Hall–Kier alpha value is -2.15. The van der Waals surface area contributed by atoms with Crippen molar-refractivity contribution in [3.05, 3.63) is 51.9 Å². The molecule has 0 atom stereocenters. The molecule has 0 bridgehead atoms. The standard InChI is InChI=1S/C12H13N3O3S/c1-8-9(2)13-12(14-11(8)16)15-19(17,18)10-6-4-3-5-7-10/h3-7H,1-2H3,(H2,13,14,15,16). The van der Waals surface area contributed by atoms with Crippen LogP contribution in [0, 0.1) is 13.8 Å². The second kappa shape index (κ2) is 4.85. The van der Waals surface area contributed by atoms with Gasteiger partial charge in [-0.2, -0.15) is 0 Å². The van der Waals surface area contributed by atoms with Crippen molar-refractivity contribution in [2.45, 2.75) is 18.7 Å². The minimum atomic E-state index is -3.74. The van der Waals surface area contributed by atoms with Crippen LogP contribution in [0.1, 0.15) is 11.3 Å². The molecule has 1 heterocycles. The largest absolute Gasteiger partial charge is 0.292 e. The first-order valence-electron chi connectivity index (χ1n) is 5.55. The fourth-order valence-corrected chi connectivity index (χ4v) is 2.46. The van der Waals surface area contributed by atoms with E-state index in [9.17, 15) is 13.2 Å². The van der Waals surface area contributed by atoms with E-state index in [1.54, 1.807) is 32.0 Å². The number of hydrogen-bond donors (Lipinski definition) is 2. The van der Waals surface area contributed by atoms with E-state index in [4.69, 9.17) is 0 Å². The summed E-state index contributed by atoms with van der Waals surface area (Å²) in [6.07, 6.45) is 0. The summed E-state index contributed by atoms with van der Waals surface area (Å²) in [6, 6.07) is 7.87. The van der Waals surface area contributed by atoms with Gasteiger partial charge in [-0.3, -0.25) is 9.78 Å². The van der Waals surface area contributed by atoms with E-state index in [1.807, 2.05) is 0 Å². The molecule has 6 nitrogen and oxygen atoms in total. The van der Waals surface area contributed by atoms with Gasteiger partial charge in [-0.1, -0.05) is 18.2 Å². The topological polar surface area (TPSA) is 91.9 Å². The number of nitrogens with zero attached hydrogens (tertiary/aromatic N) is 1. The zero-order chi connectivity index (χ0) is 14.0. The Labute approximate surface area is 110 Å². The maximum Gasteiger partial charge on any atom is 0.264 e. The van der Waals surface area contributed by atoms with Crippen LogP contribution in [-0.4, -0.2) is 18.4 Å². The molecule has 0 aliphatic carbocycles. The van der Waals surface area contributed by atoms with Gasteiger partial charge >= 0.3 is 0 Å². The molecule has 0 aliphatic rings. The van der Waals surface area contributed by atoms with Crippen LogP contribution < -0.4 is 10.3 Å². The summed E-state index contributed by atoms with van der Waals surface area (Å²) in [5, 5.41) is 0. The Kier molecular flexibility index (Phi) is 3.39. The monoisotopic (exact) mass is 279 g/mol. The highest BCUT2D eigenvalue weighted by Gasteiger charge is 2.15. The van der Waals surface area contributed by atoms with E-state index >= 15 is 0 Å². The summed E-state index contributed by atoms with van der Waals surface area (Å²) >= 11 is 0. The van der Waals surface area contributed by atoms with Gasteiger partial charge < -0.3 is 0 Å². The molecule has 2 rings (SSSR count). The van der Waals surface area contributed by atoms with Crippen molar-refractivity contribution in [1.82, 2.24) is 9.97 Å². The first-order valence-corrected chi connectivity index (χ1v) is 7.04. The second-order valence-electron chi connectivity index (χ2n) is 4.04. The van der Waals surface area contributed by atoms with E-state index in [-0.39, 0.29) is 16.4 Å². The van der Waals surface area contributed by atoms with Gasteiger partial charge in [-0.15, -0.1) is 0 Å². The van der Waals surface area contributed by atoms with Crippen LogP contribution in [0.25, 0.3) is 0 Å². The molecule has 1 aromatic heterocycles. The fourth-order valence-electron chi connectivity index (χ4n) is 1.48. The lowest BCUT2D eigenvalue weighted by molar-refractivity contribution is 0.600. The fraction of sp³-hybridized carbons (Fsp3) is 0.167. The van der Waals surface area contributed by atoms with Crippen LogP contribution in [0.15, 0.2) is 40.0 Å². The summed E-state index contributed by atoms with van der Waals surface area (Å²) in [6.45, 7) is 3.27. The average molecular weight is 279 g/mol. The smallest absolute Gasteiger partial charge is 0.264 e. The van der Waals surface area contributed by atoms with Crippen molar-refractivity contribution in [2.75, 3.05) is 4.72 Å². The molecule has 0 spiro atoms. The molecule has 0 fully saturated rings. The quantitative estimate of drug-likeness (QED) is 0.882. The molecule has 19 heavy (non-hydrogen) atoms. The van der Waals surface area contributed by atoms with Gasteiger partial charge in [0.2, 0.25) is 5.95 Å². The zero-order valence-electron chi connectivity index (χ0n) is 10.5. The van der Waals surface area contributed by atoms with Crippen LogP contribution in [0.3, 0.4) is 0 Å². The van der Waals surface area contributed by atoms with Crippen LogP contribution in [0.2, 0.25) is 0 Å². The van der Waals surface area contributed by atoms with Gasteiger partial charge in [-0.05, 0) is 26.0 Å². The number of nitrogens with one attached hydrogen (secondary N) is 2. The molecule has 1 aromatic carbocycles. The molecule has 7 heteroatoms. The van der Waals surface area contributed by atoms with Gasteiger partial charge in [0.05, 0.1) is 4.90 Å². The number of aryl methyl sites for hydroxylation is 1. The van der Waals surface area contributed by atoms with E-state index in [0.717, 1.165) is 0 Å². The normalized spacial score (nSPS) is 11.3. The highest BCUT2D eigenvalue weighted by atomic mass is 32.2. The summed E-state index contributed by atoms with van der Waals surface area (Å²) in [5.41, 5.74) is 0.579. The van der Waals surface area contributed by atoms with Gasteiger partial charge in [0.15, 0.2) is 0 Å². The van der Waals surface area contributed by atoms with Crippen LogP contribution in [-0.2, 0) is 10.0 Å². The van der Waals surface area contributed by atoms with E-state index in [2.05, 4.69) is 14.7 Å². The summed E-state index contributed by atoms with van der Waals surface area (Å²) in [7, 11) is -3.74. The molecular weight excluding hydrogens is 266 g/mol. The second-order valence-corrected chi connectivity index (χ2v) is 5.73. The third-order valence-corrected chi connectivity index (χ3v) is 4.03. The predicted molar refractivity (Wildman–Crippen MR) is 71.6 cm³/mol. The molecule has 2 aromatic rings. The highest BCUT2D eigenvalue weighted by Crippen LogP contribution is 2.12. The zero-order valence-corrected chi connectivity index (χ0v) is 11.3. The first-order chi connectivity index (χ1) is 8.90. The van der Waals surface area contributed by atoms with Gasteiger partial charge in [0.25, 0.3) is 15.6 Å². The maximum absolute atomic E-state index is 12.0. The molecule has 100 valence electrons. The van der Waals surface area contributed by atoms with Gasteiger partial charge in [0.1, 0.15) is 0 Å². The lowest BCUT2D eigenvalue weighted by Gasteiger charge is -2.08. The van der Waals surface area contributed by atoms with Crippen molar-refractivity contribution in [3.8, 4) is 0 Å². The van der Waals surface area contributed by atoms with E-state index in [1.165, 1.54) is 12.1 Å². The number of aromatic amines is 1. The average Bonchev–Trinajstić information content (AvgIpc) is 2.36. The van der Waals surface area contributed by atoms with Crippen molar-refractivity contribution < 1.29 is 8.42 Å². The van der Waals surface area contributed by atoms with E-state index < -0.39 is 10.0 Å². The number of anilines is 1. The van der Waals surface area contributed by atoms with Crippen LogP contribution >= 0.6 is 0 Å². The number of H-pyrrole nitrogens is 1. The number of hydrogen-bond acceptors (Lipinski definition) is 4. The third-order valence-electron chi connectivity index (χ3n) is 2.68. The first kappa shape index (κ1) is 13.3. The van der Waals surface area contributed by atoms with Crippen LogP contribution in [0.4, 0.5) is 5.95 Å². The number of benzene rings is 1. The highest BCUT2D eigenvalue weighted by molar-refractivity contribution is 7.92. The Morgan fingerprint density at radius 1 is 1.16 bits per heavy atom. The van der Waals surface area contributed by atoms with Crippen molar-refractivity contribution in [3.63, 3.8) is 0 Å². The molecular formula is C12H13N3O3S. The maximum atomic E-state index is 12.0. The number of aromatic nitrogens is 2. The van der Waals surface area contributed by atoms with Crippen LogP contribution in [0.5, 0.6) is 0 Å². The van der Waals surface area contributed by atoms with Crippen molar-refractivity contribution in [2.24, 2.45) is 0 Å². The molecule has 0 saturated carbocycles. The Morgan fingerprint density at radius 3 is 2.37 bits per heavy atom. The third kappa shape index (κ3) is 2.82. The van der Waals surface area contributed by atoms with Gasteiger partial charge in [0, 0.05) is 11.3 Å². The van der Waals surface area contributed by atoms with E-state index in [0.29, 0.717) is 11.3 Å². The van der Waals surface area contributed by atoms with Gasteiger partial charge in [-0.25, -0.2) is 18.1 Å². The molecule has 2 N–H and O–H groups in total. The summed E-state index contributed by atoms with van der Waals surface area (Å²) in [5.74, 6) is -0.0862. The number of rotatable bonds is 3. The predicted octanol–water partition coefficient (Wildman–Crippen LogP) is 1.19. The lowest BCUT2D eigenvalue weighted by atomic mass is 10.3. The SMILES string of the molecule is Cc1nc(NS(=O)(=O)c2ccccc2)[nH]c(=O)c1C. The Morgan fingerprint density at radius 2 is 1.79 bits per heavy atom. The van der Waals surface area contributed by atoms with Crippen molar-refractivity contribution in [1.29, 1.82) is 0 Å². The van der Waals surface area contributed by atoms with Crippen molar-refractivity contribution >= 4 is 16.0 Å². The Balaban J connectivity index is 2.39. The minimum Gasteiger partial charge on any atom is -0.292 e. The minimum absolute atomic E-state index is 0.0862.